The number of aryl methyl sites for hydroxylation is 1. The number of rotatable bonds is 4. The predicted molar refractivity (Wildman–Crippen MR) is 80.8 cm³/mol. The first kappa shape index (κ1) is 14.8. The van der Waals surface area contributed by atoms with Gasteiger partial charge in [0.2, 0.25) is 11.8 Å². The van der Waals surface area contributed by atoms with Gasteiger partial charge < -0.3 is 4.90 Å². The number of fused-ring (bicyclic) bond motifs is 1. The van der Waals surface area contributed by atoms with E-state index in [4.69, 9.17) is 0 Å². The Morgan fingerprint density at radius 1 is 1.27 bits per heavy atom. The van der Waals surface area contributed by atoms with Gasteiger partial charge in [0.15, 0.2) is 0 Å². The molecular formula is C17H19N2O3. The molecule has 5 heteroatoms. The van der Waals surface area contributed by atoms with Gasteiger partial charge in [-0.1, -0.05) is 25.5 Å². The number of hydrogen-bond acceptors (Lipinski definition) is 3. The number of imide groups is 1. The molecule has 1 atom stereocenters. The fraction of sp³-hybridized carbons (Fsp3) is 0.412. The zero-order valence-electron chi connectivity index (χ0n) is 12.4. The molecule has 1 radical (unpaired) electrons. The number of hydrogen-bond donors (Lipinski definition) is 1. The van der Waals surface area contributed by atoms with E-state index >= 15 is 0 Å². The molecule has 0 spiro atoms. The highest BCUT2D eigenvalue weighted by atomic mass is 16.2. The summed E-state index contributed by atoms with van der Waals surface area (Å²) in [6, 6.07) is 5.20. The van der Waals surface area contributed by atoms with Crippen LogP contribution >= 0.6 is 0 Å². The smallest absolute Gasteiger partial charge is 0.255 e. The Kier molecular flexibility index (Phi) is 3.96. The Balaban J connectivity index is 1.84. The molecule has 3 rings (SSSR count). The summed E-state index contributed by atoms with van der Waals surface area (Å²) in [6.07, 6.45) is 3.41. The molecule has 0 saturated carbocycles. The molecule has 1 aromatic rings. The summed E-state index contributed by atoms with van der Waals surface area (Å²) in [7, 11) is 0. The maximum Gasteiger partial charge on any atom is 0.255 e. The Bertz CT molecular complexity index is 639. The van der Waals surface area contributed by atoms with Crippen LogP contribution in [-0.4, -0.2) is 28.7 Å². The van der Waals surface area contributed by atoms with Crippen LogP contribution < -0.4 is 5.32 Å². The van der Waals surface area contributed by atoms with Crippen LogP contribution in [0.1, 0.15) is 47.2 Å². The molecular weight excluding hydrogens is 280 g/mol. The summed E-state index contributed by atoms with van der Waals surface area (Å²) in [4.78, 5) is 37.5. The fourth-order valence-corrected chi connectivity index (χ4v) is 3.20. The number of carbonyl (C=O) groups excluding carboxylic acids is 3. The molecule has 3 amide bonds. The van der Waals surface area contributed by atoms with Crippen LogP contribution in [0.25, 0.3) is 0 Å². The first-order valence-electron chi connectivity index (χ1n) is 7.66. The molecule has 0 aromatic heterocycles. The quantitative estimate of drug-likeness (QED) is 0.859. The average Bonchev–Trinajstić information content (AvgIpc) is 2.83. The minimum Gasteiger partial charge on any atom is -0.322 e. The number of amides is 3. The third-order valence-electron chi connectivity index (χ3n) is 4.38. The highest BCUT2D eigenvalue weighted by Gasteiger charge is 2.39. The zero-order chi connectivity index (χ0) is 15.7. The van der Waals surface area contributed by atoms with Crippen molar-refractivity contribution < 1.29 is 14.4 Å². The largest absolute Gasteiger partial charge is 0.322 e. The standard InChI is InChI=1S/C17H19N2O3/c1-2-3-5-11-6-4-7-12-13(11)10-19(17(12)22)14-8-9-15(20)18-16(14)21/h4,6-7,14H,1-3,5,8-10H2,(H,18,20,21). The van der Waals surface area contributed by atoms with Gasteiger partial charge in [0.05, 0.1) is 0 Å². The monoisotopic (exact) mass is 299 g/mol. The molecule has 5 nitrogen and oxygen atoms in total. The topological polar surface area (TPSA) is 66.5 Å². The second kappa shape index (κ2) is 5.91. The molecule has 22 heavy (non-hydrogen) atoms. The second-order valence-electron chi connectivity index (χ2n) is 5.80. The maximum absolute atomic E-state index is 12.6. The number of carbonyl (C=O) groups is 3. The van der Waals surface area contributed by atoms with Crippen molar-refractivity contribution in [2.75, 3.05) is 0 Å². The molecule has 1 aromatic carbocycles. The Hall–Kier alpha value is -2.17. The van der Waals surface area contributed by atoms with Crippen molar-refractivity contribution in [3.63, 3.8) is 0 Å². The third kappa shape index (κ3) is 2.51. The van der Waals surface area contributed by atoms with Gasteiger partial charge in [0.1, 0.15) is 6.04 Å². The molecule has 1 fully saturated rings. The van der Waals surface area contributed by atoms with E-state index in [0.717, 1.165) is 30.4 Å². The number of benzene rings is 1. The van der Waals surface area contributed by atoms with Crippen LogP contribution in [-0.2, 0) is 22.6 Å². The lowest BCUT2D eigenvalue weighted by molar-refractivity contribution is -0.136. The van der Waals surface area contributed by atoms with Crippen LogP contribution in [0.2, 0.25) is 0 Å². The lowest BCUT2D eigenvalue weighted by atomic mass is 9.99. The van der Waals surface area contributed by atoms with E-state index in [1.807, 2.05) is 18.2 Å². The van der Waals surface area contributed by atoms with Gasteiger partial charge in [-0.05, 0) is 36.5 Å². The fourth-order valence-electron chi connectivity index (χ4n) is 3.20. The van der Waals surface area contributed by atoms with Crippen molar-refractivity contribution in [1.29, 1.82) is 0 Å². The molecule has 1 unspecified atom stereocenters. The summed E-state index contributed by atoms with van der Waals surface area (Å²) in [5, 5.41) is 2.32. The van der Waals surface area contributed by atoms with E-state index in [-0.39, 0.29) is 24.1 Å². The van der Waals surface area contributed by atoms with Gasteiger partial charge in [-0.25, -0.2) is 0 Å². The van der Waals surface area contributed by atoms with E-state index in [2.05, 4.69) is 12.2 Å². The van der Waals surface area contributed by atoms with Crippen molar-refractivity contribution in [3.05, 3.63) is 41.8 Å². The number of nitrogens with one attached hydrogen (secondary N) is 1. The number of unbranched alkanes of at least 4 members (excludes halogenated alkanes) is 1. The highest BCUT2D eigenvalue weighted by molar-refractivity contribution is 6.05. The minimum atomic E-state index is -0.543. The molecule has 2 aliphatic heterocycles. The predicted octanol–water partition coefficient (Wildman–Crippen LogP) is 1.60. The van der Waals surface area contributed by atoms with E-state index in [9.17, 15) is 14.4 Å². The van der Waals surface area contributed by atoms with Crippen LogP contribution in [0.15, 0.2) is 18.2 Å². The molecule has 0 bridgehead atoms. The highest BCUT2D eigenvalue weighted by Crippen LogP contribution is 2.30. The van der Waals surface area contributed by atoms with Gasteiger partial charge in [0, 0.05) is 18.5 Å². The Labute approximate surface area is 129 Å². The van der Waals surface area contributed by atoms with Crippen molar-refractivity contribution in [2.24, 2.45) is 0 Å². The second-order valence-corrected chi connectivity index (χ2v) is 5.80. The molecule has 2 heterocycles. The lowest BCUT2D eigenvalue weighted by Crippen LogP contribution is -2.52. The summed E-state index contributed by atoms with van der Waals surface area (Å²) in [5.74, 6) is -0.737. The molecule has 2 aliphatic rings. The Morgan fingerprint density at radius 3 is 2.82 bits per heavy atom. The zero-order valence-corrected chi connectivity index (χ0v) is 12.4. The van der Waals surface area contributed by atoms with E-state index in [0.29, 0.717) is 18.5 Å². The first-order chi connectivity index (χ1) is 10.6. The van der Waals surface area contributed by atoms with E-state index in [1.54, 1.807) is 4.90 Å². The van der Waals surface area contributed by atoms with Gasteiger partial charge in [-0.15, -0.1) is 0 Å². The first-order valence-corrected chi connectivity index (χ1v) is 7.66. The molecule has 1 N–H and O–H groups in total. The average molecular weight is 299 g/mol. The number of piperidine rings is 1. The van der Waals surface area contributed by atoms with Crippen LogP contribution in [0.3, 0.4) is 0 Å². The summed E-state index contributed by atoms with van der Waals surface area (Å²) in [5.41, 5.74) is 2.86. The number of nitrogens with zero attached hydrogens (tertiary/aromatic N) is 1. The van der Waals surface area contributed by atoms with Crippen LogP contribution in [0.4, 0.5) is 0 Å². The SMILES string of the molecule is [CH2]CCCc1cccc2c1CN(C1CCC(=O)NC1=O)C2=O. The Morgan fingerprint density at radius 2 is 2.09 bits per heavy atom. The van der Waals surface area contributed by atoms with Gasteiger partial charge in [-0.3, -0.25) is 19.7 Å². The molecule has 0 aliphatic carbocycles. The van der Waals surface area contributed by atoms with Crippen molar-refractivity contribution >= 4 is 17.7 Å². The van der Waals surface area contributed by atoms with E-state index in [1.165, 1.54) is 0 Å². The molecule has 115 valence electrons. The van der Waals surface area contributed by atoms with Crippen molar-refractivity contribution in [1.82, 2.24) is 10.2 Å². The summed E-state index contributed by atoms with van der Waals surface area (Å²) in [6.45, 7) is 4.30. The lowest BCUT2D eigenvalue weighted by Gasteiger charge is -2.29. The van der Waals surface area contributed by atoms with E-state index < -0.39 is 6.04 Å². The minimum absolute atomic E-state index is 0.110. The third-order valence-corrected chi connectivity index (χ3v) is 4.38. The van der Waals surface area contributed by atoms with Crippen molar-refractivity contribution in [2.45, 2.75) is 44.7 Å². The normalized spacial score (nSPS) is 21.0. The van der Waals surface area contributed by atoms with Crippen molar-refractivity contribution in [3.8, 4) is 0 Å². The van der Waals surface area contributed by atoms with Gasteiger partial charge in [-0.2, -0.15) is 0 Å². The van der Waals surface area contributed by atoms with Crippen LogP contribution in [0.5, 0.6) is 0 Å². The summed E-state index contributed by atoms with van der Waals surface area (Å²) >= 11 is 0. The van der Waals surface area contributed by atoms with Crippen LogP contribution in [0, 0.1) is 6.92 Å². The van der Waals surface area contributed by atoms with Gasteiger partial charge >= 0.3 is 0 Å². The van der Waals surface area contributed by atoms with Gasteiger partial charge in [0.25, 0.3) is 5.91 Å². The maximum atomic E-state index is 12.6. The molecule has 1 saturated heterocycles. The summed E-state index contributed by atoms with van der Waals surface area (Å²) < 4.78 is 0.